The minimum absolute atomic E-state index is 0.640. The fraction of sp³-hybridized carbons (Fsp3) is 0. The molecular formula is C43H27N5S. The molecule has 0 N–H and O–H groups in total. The molecule has 3 heterocycles. The Hall–Kier alpha value is -6.37. The summed E-state index contributed by atoms with van der Waals surface area (Å²) >= 11 is 1.78. The highest BCUT2D eigenvalue weighted by Gasteiger charge is 2.16. The van der Waals surface area contributed by atoms with Crippen LogP contribution in [0.2, 0.25) is 0 Å². The van der Waals surface area contributed by atoms with Crippen LogP contribution in [0.5, 0.6) is 0 Å². The second-order valence-electron chi connectivity index (χ2n) is 11.8. The van der Waals surface area contributed by atoms with Gasteiger partial charge >= 0.3 is 0 Å². The second kappa shape index (κ2) is 12.3. The van der Waals surface area contributed by atoms with Gasteiger partial charge in [0, 0.05) is 53.6 Å². The zero-order chi connectivity index (χ0) is 32.6. The summed E-state index contributed by atoms with van der Waals surface area (Å²) in [6, 6.07) is 55.8. The van der Waals surface area contributed by atoms with E-state index in [2.05, 4.69) is 66.7 Å². The number of rotatable bonds is 6. The third-order valence-electron chi connectivity index (χ3n) is 8.55. The van der Waals surface area contributed by atoms with Crippen LogP contribution in [0.4, 0.5) is 0 Å². The summed E-state index contributed by atoms with van der Waals surface area (Å²) in [5, 5.41) is 2.32. The second-order valence-corrected chi connectivity index (χ2v) is 12.8. The van der Waals surface area contributed by atoms with Gasteiger partial charge in [0.1, 0.15) is 0 Å². The van der Waals surface area contributed by atoms with Gasteiger partial charge in [-0.2, -0.15) is 0 Å². The first kappa shape index (κ1) is 28.8. The van der Waals surface area contributed by atoms with Crippen molar-refractivity contribution in [2.75, 3.05) is 0 Å². The number of fused-ring (bicyclic) bond motifs is 3. The number of nitrogens with zero attached hydrogens (tertiary/aromatic N) is 5. The highest BCUT2D eigenvalue weighted by Crippen LogP contribution is 2.39. The Balaban J connectivity index is 1.19. The Morgan fingerprint density at radius 3 is 1.14 bits per heavy atom. The van der Waals surface area contributed by atoms with Gasteiger partial charge in [0.05, 0.1) is 11.4 Å². The van der Waals surface area contributed by atoms with Gasteiger partial charge in [-0.1, -0.05) is 127 Å². The van der Waals surface area contributed by atoms with Crippen molar-refractivity contribution in [1.29, 1.82) is 0 Å². The summed E-state index contributed by atoms with van der Waals surface area (Å²) in [4.78, 5) is 24.9. The normalized spacial score (nSPS) is 11.3. The molecule has 9 aromatic rings. The molecular weight excluding hydrogens is 619 g/mol. The van der Waals surface area contributed by atoms with Crippen molar-refractivity contribution in [3.05, 3.63) is 164 Å². The maximum absolute atomic E-state index is 5.08. The van der Waals surface area contributed by atoms with E-state index in [1.807, 2.05) is 97.1 Å². The largest absolute Gasteiger partial charge is 0.228 e. The van der Waals surface area contributed by atoms with Crippen LogP contribution in [-0.4, -0.2) is 24.9 Å². The van der Waals surface area contributed by atoms with E-state index in [1.54, 1.807) is 11.3 Å². The molecule has 0 saturated carbocycles. The topological polar surface area (TPSA) is 64.5 Å². The molecule has 0 radical (unpaired) electrons. The minimum atomic E-state index is 0.640. The number of aromatic nitrogens is 5. The monoisotopic (exact) mass is 645 g/mol. The molecule has 6 heteroatoms. The predicted octanol–water partition coefficient (Wildman–Crippen LogP) is 11.0. The molecule has 0 unspecified atom stereocenters. The summed E-state index contributed by atoms with van der Waals surface area (Å²) < 4.78 is 2.41. The van der Waals surface area contributed by atoms with Gasteiger partial charge in [0.15, 0.2) is 23.3 Å². The van der Waals surface area contributed by atoms with Crippen LogP contribution >= 0.6 is 11.3 Å². The van der Waals surface area contributed by atoms with Crippen LogP contribution in [0.25, 0.3) is 88.2 Å². The summed E-state index contributed by atoms with van der Waals surface area (Å²) in [6.45, 7) is 0. The first-order valence-corrected chi connectivity index (χ1v) is 16.9. The number of benzene rings is 6. The van der Waals surface area contributed by atoms with Crippen molar-refractivity contribution >= 4 is 31.5 Å². The van der Waals surface area contributed by atoms with Crippen LogP contribution < -0.4 is 0 Å². The van der Waals surface area contributed by atoms with E-state index in [4.69, 9.17) is 24.9 Å². The van der Waals surface area contributed by atoms with Gasteiger partial charge in [-0.05, 0) is 36.4 Å². The molecule has 0 atom stereocenters. The third-order valence-corrected chi connectivity index (χ3v) is 9.70. The highest BCUT2D eigenvalue weighted by atomic mass is 32.1. The Kier molecular flexibility index (Phi) is 7.26. The summed E-state index contributed by atoms with van der Waals surface area (Å²) in [6.07, 6.45) is 0. The Labute approximate surface area is 287 Å². The minimum Gasteiger partial charge on any atom is -0.228 e. The first-order valence-electron chi connectivity index (χ1n) is 16.1. The molecule has 0 spiro atoms. The molecule has 230 valence electrons. The van der Waals surface area contributed by atoms with E-state index in [-0.39, 0.29) is 0 Å². The Morgan fingerprint density at radius 2 is 0.653 bits per heavy atom. The van der Waals surface area contributed by atoms with E-state index >= 15 is 0 Å². The lowest BCUT2D eigenvalue weighted by atomic mass is 10.0. The molecule has 0 aliphatic carbocycles. The van der Waals surface area contributed by atoms with Gasteiger partial charge in [-0.25, -0.2) is 24.9 Å². The number of hydrogen-bond donors (Lipinski definition) is 0. The van der Waals surface area contributed by atoms with Crippen LogP contribution in [0, 0.1) is 0 Å². The van der Waals surface area contributed by atoms with Gasteiger partial charge in [0.25, 0.3) is 0 Å². The summed E-state index contributed by atoms with van der Waals surface area (Å²) in [5.41, 5.74) is 7.67. The Morgan fingerprint density at radius 1 is 0.286 bits per heavy atom. The van der Waals surface area contributed by atoms with E-state index in [0.29, 0.717) is 23.3 Å². The van der Waals surface area contributed by atoms with Crippen LogP contribution in [-0.2, 0) is 0 Å². The molecule has 9 rings (SSSR count). The van der Waals surface area contributed by atoms with Crippen LogP contribution in [0.1, 0.15) is 0 Å². The first-order chi connectivity index (χ1) is 24.2. The zero-order valence-corrected chi connectivity index (χ0v) is 27.0. The Bertz CT molecular complexity index is 2290. The fourth-order valence-electron chi connectivity index (χ4n) is 6.08. The summed E-state index contributed by atoms with van der Waals surface area (Å²) in [7, 11) is 0. The maximum Gasteiger partial charge on any atom is 0.164 e. The molecule has 0 saturated heterocycles. The van der Waals surface area contributed by atoms with Gasteiger partial charge in [-0.15, -0.1) is 11.3 Å². The lowest BCUT2D eigenvalue weighted by molar-refractivity contribution is 1.07. The zero-order valence-electron chi connectivity index (χ0n) is 26.2. The standard InChI is InChI=1S/C43H27N5S/c1-5-13-28(14-6-1)36-27-37(45-40(44-36)29-15-7-2-8-16-29)32-21-23-38-34(25-32)35-26-33(22-24-39(35)49-38)43-47-41(30-17-9-3-10-18-30)46-42(48-43)31-19-11-4-12-20-31/h1-27H. The van der Waals surface area contributed by atoms with Gasteiger partial charge in [0.2, 0.25) is 0 Å². The highest BCUT2D eigenvalue weighted by molar-refractivity contribution is 7.25. The average molecular weight is 646 g/mol. The quantitative estimate of drug-likeness (QED) is 0.180. The van der Waals surface area contributed by atoms with Crippen LogP contribution in [0.15, 0.2) is 164 Å². The van der Waals surface area contributed by atoms with Crippen molar-refractivity contribution in [3.8, 4) is 68.1 Å². The third kappa shape index (κ3) is 5.64. The van der Waals surface area contributed by atoms with Crippen molar-refractivity contribution < 1.29 is 0 Å². The van der Waals surface area contributed by atoms with Crippen molar-refractivity contribution in [2.45, 2.75) is 0 Å². The molecule has 0 aliphatic heterocycles. The molecule has 3 aromatic heterocycles. The van der Waals surface area contributed by atoms with E-state index < -0.39 is 0 Å². The van der Waals surface area contributed by atoms with E-state index in [9.17, 15) is 0 Å². The van der Waals surface area contributed by atoms with Crippen molar-refractivity contribution in [1.82, 2.24) is 24.9 Å². The molecule has 5 nitrogen and oxygen atoms in total. The molecule has 49 heavy (non-hydrogen) atoms. The predicted molar refractivity (Wildman–Crippen MR) is 201 cm³/mol. The van der Waals surface area contributed by atoms with Crippen molar-refractivity contribution in [3.63, 3.8) is 0 Å². The van der Waals surface area contributed by atoms with Gasteiger partial charge in [-0.3, -0.25) is 0 Å². The molecule has 0 aliphatic rings. The molecule has 0 amide bonds. The lowest BCUT2D eigenvalue weighted by Crippen LogP contribution is -2.00. The van der Waals surface area contributed by atoms with E-state index in [1.165, 1.54) is 14.8 Å². The van der Waals surface area contributed by atoms with Gasteiger partial charge < -0.3 is 0 Å². The molecule has 0 fully saturated rings. The molecule has 6 aromatic carbocycles. The van der Waals surface area contributed by atoms with E-state index in [0.717, 1.165) is 50.2 Å². The van der Waals surface area contributed by atoms with Crippen LogP contribution in [0.3, 0.4) is 0 Å². The average Bonchev–Trinajstić information content (AvgIpc) is 3.56. The smallest absolute Gasteiger partial charge is 0.164 e. The fourth-order valence-corrected chi connectivity index (χ4v) is 7.15. The lowest BCUT2D eigenvalue weighted by Gasteiger charge is -2.10. The molecule has 0 bridgehead atoms. The SMILES string of the molecule is c1ccc(-c2cc(-c3ccc4sc5ccc(-c6nc(-c7ccccc7)nc(-c7ccccc7)n6)cc5c4c3)nc(-c3ccccc3)n2)cc1. The summed E-state index contributed by atoms with van der Waals surface area (Å²) in [5.74, 6) is 2.64. The number of hydrogen-bond acceptors (Lipinski definition) is 6. The maximum atomic E-state index is 5.08. The van der Waals surface area contributed by atoms with Crippen molar-refractivity contribution in [2.24, 2.45) is 0 Å². The number of thiophene rings is 1.